The van der Waals surface area contributed by atoms with Gasteiger partial charge >= 0.3 is 6.09 Å². The van der Waals surface area contributed by atoms with E-state index < -0.39 is 30.0 Å². The lowest BCUT2D eigenvalue weighted by molar-refractivity contribution is -0.128. The Hall–Kier alpha value is -2.99. The maximum absolute atomic E-state index is 14.3. The first kappa shape index (κ1) is 28.5. The Labute approximate surface area is 241 Å². The van der Waals surface area contributed by atoms with Crippen LogP contribution in [-0.4, -0.2) is 60.1 Å². The van der Waals surface area contributed by atoms with E-state index in [0.717, 1.165) is 36.9 Å². The average molecular weight is 564 g/mol. The Morgan fingerprint density at radius 1 is 1.07 bits per heavy atom. The molecule has 2 saturated heterocycles. The second kappa shape index (κ2) is 12.7. The molecule has 212 valence electrons. The molecule has 8 nitrogen and oxygen atoms in total. The Balaban J connectivity index is 1.39. The van der Waals surface area contributed by atoms with E-state index in [1.165, 1.54) is 0 Å². The third-order valence-electron chi connectivity index (χ3n) is 9.02. The van der Waals surface area contributed by atoms with Gasteiger partial charge in [0.15, 0.2) is 5.78 Å². The van der Waals surface area contributed by atoms with E-state index in [1.807, 2.05) is 42.5 Å². The molecule has 9 heteroatoms. The SMILES string of the molecule is CC1CCC(OC(=O)N(C)[C@@H]2C(C(=O)C3CC(c4ccccn4)NCC3C#N)NC[C@H]2c2ccc(Cl)cc2)CC1. The van der Waals surface area contributed by atoms with Crippen molar-refractivity contribution in [2.45, 2.75) is 69.2 Å². The van der Waals surface area contributed by atoms with Gasteiger partial charge in [0.2, 0.25) is 0 Å². The first-order chi connectivity index (χ1) is 19.4. The van der Waals surface area contributed by atoms with Crippen LogP contribution in [0.15, 0.2) is 48.7 Å². The molecular weight excluding hydrogens is 526 g/mol. The highest BCUT2D eigenvalue weighted by atomic mass is 35.5. The van der Waals surface area contributed by atoms with E-state index in [9.17, 15) is 14.9 Å². The van der Waals surface area contributed by atoms with E-state index >= 15 is 0 Å². The van der Waals surface area contributed by atoms with Gasteiger partial charge in [-0.15, -0.1) is 0 Å². The van der Waals surface area contributed by atoms with Gasteiger partial charge in [0.1, 0.15) is 6.10 Å². The van der Waals surface area contributed by atoms with Crippen LogP contribution in [-0.2, 0) is 9.53 Å². The van der Waals surface area contributed by atoms with Crippen LogP contribution < -0.4 is 10.6 Å². The number of rotatable bonds is 6. The largest absolute Gasteiger partial charge is 0.446 e. The van der Waals surface area contributed by atoms with Gasteiger partial charge in [-0.1, -0.05) is 36.7 Å². The van der Waals surface area contributed by atoms with E-state index in [-0.39, 0.29) is 23.8 Å². The van der Waals surface area contributed by atoms with Crippen molar-refractivity contribution >= 4 is 23.5 Å². The van der Waals surface area contributed by atoms with Gasteiger partial charge in [-0.3, -0.25) is 9.78 Å². The van der Waals surface area contributed by atoms with Crippen molar-refractivity contribution in [3.05, 3.63) is 64.9 Å². The number of ketones is 1. The van der Waals surface area contributed by atoms with Crippen molar-refractivity contribution < 1.29 is 14.3 Å². The predicted molar refractivity (Wildman–Crippen MR) is 153 cm³/mol. The minimum atomic E-state index is -0.632. The van der Waals surface area contributed by atoms with Crippen molar-refractivity contribution in [3.63, 3.8) is 0 Å². The minimum absolute atomic E-state index is 0.0402. The van der Waals surface area contributed by atoms with Gasteiger partial charge < -0.3 is 20.3 Å². The molecule has 2 aliphatic heterocycles. The smallest absolute Gasteiger partial charge is 0.410 e. The summed E-state index contributed by atoms with van der Waals surface area (Å²) in [5.74, 6) is -0.487. The maximum Gasteiger partial charge on any atom is 0.410 e. The number of carbonyl (C=O) groups excluding carboxylic acids is 2. The molecule has 3 aliphatic rings. The number of nitrogens with one attached hydrogen (secondary N) is 2. The van der Waals surface area contributed by atoms with Crippen molar-refractivity contribution in [1.82, 2.24) is 20.5 Å². The number of pyridine rings is 1. The summed E-state index contributed by atoms with van der Waals surface area (Å²) in [5.41, 5.74) is 1.85. The zero-order valence-corrected chi connectivity index (χ0v) is 23.9. The summed E-state index contributed by atoms with van der Waals surface area (Å²) in [6.45, 7) is 3.16. The lowest BCUT2D eigenvalue weighted by atomic mass is 9.76. The number of carbonyl (C=O) groups is 2. The zero-order valence-electron chi connectivity index (χ0n) is 23.1. The molecule has 5 rings (SSSR count). The number of likely N-dealkylation sites (N-methyl/N-ethyl adjacent to an activating group) is 1. The van der Waals surface area contributed by atoms with Crippen LogP contribution in [0.5, 0.6) is 0 Å². The highest BCUT2D eigenvalue weighted by Crippen LogP contribution is 2.37. The molecule has 0 spiro atoms. The Kier molecular flexibility index (Phi) is 9.04. The first-order valence-corrected chi connectivity index (χ1v) is 14.7. The Morgan fingerprint density at radius 2 is 1.82 bits per heavy atom. The number of hydrogen-bond acceptors (Lipinski definition) is 7. The number of ether oxygens (including phenoxy) is 1. The molecule has 1 saturated carbocycles. The molecule has 1 aromatic heterocycles. The molecule has 4 unspecified atom stereocenters. The fourth-order valence-electron chi connectivity index (χ4n) is 6.61. The summed E-state index contributed by atoms with van der Waals surface area (Å²) in [6.07, 6.45) is 5.52. The zero-order chi connectivity index (χ0) is 28.2. The minimum Gasteiger partial charge on any atom is -0.446 e. The quantitative estimate of drug-likeness (QED) is 0.516. The standard InChI is InChI=1S/C31H38ClN5O3/c1-19-6-12-23(13-7-19)40-31(39)37(2)29-25(20-8-10-22(32)11-9-20)18-36-28(29)30(38)24-15-27(35-17-21(24)16-33)26-5-3-4-14-34-26/h3-5,8-11,14,19,21,23-25,27-29,35-36H,6-7,12-13,15,17-18H2,1-2H3/t19?,21?,23?,24?,25-,27?,28?,29-/m0/s1. The fraction of sp³-hybridized carbons (Fsp3) is 0.548. The molecule has 1 amide bonds. The number of benzene rings is 1. The Bertz CT molecular complexity index is 1210. The van der Waals surface area contributed by atoms with Crippen molar-refractivity contribution in [2.24, 2.45) is 17.8 Å². The molecule has 3 fully saturated rings. The highest BCUT2D eigenvalue weighted by Gasteiger charge is 2.49. The number of nitriles is 1. The van der Waals surface area contributed by atoms with Crippen molar-refractivity contribution in [2.75, 3.05) is 20.1 Å². The molecular formula is C31H38ClN5O3. The van der Waals surface area contributed by atoms with Crippen LogP contribution in [0.1, 0.15) is 62.2 Å². The monoisotopic (exact) mass is 563 g/mol. The van der Waals surface area contributed by atoms with E-state index in [4.69, 9.17) is 16.3 Å². The van der Waals surface area contributed by atoms with Crippen LogP contribution in [0, 0.1) is 29.1 Å². The first-order valence-electron chi connectivity index (χ1n) is 14.4. The van der Waals surface area contributed by atoms with Crippen LogP contribution >= 0.6 is 11.6 Å². The molecule has 0 radical (unpaired) electrons. The summed E-state index contributed by atoms with van der Waals surface area (Å²) < 4.78 is 5.96. The average Bonchev–Trinajstić information content (AvgIpc) is 3.43. The van der Waals surface area contributed by atoms with Crippen LogP contribution in [0.4, 0.5) is 4.79 Å². The second-order valence-corrected chi connectivity index (χ2v) is 12.0. The topological polar surface area (TPSA) is 107 Å². The van der Waals surface area contributed by atoms with E-state index in [1.54, 1.807) is 18.1 Å². The summed E-state index contributed by atoms with van der Waals surface area (Å²) >= 11 is 6.17. The number of aromatic nitrogens is 1. The Morgan fingerprint density at radius 3 is 2.50 bits per heavy atom. The van der Waals surface area contributed by atoms with Gasteiger partial charge in [0.25, 0.3) is 0 Å². The summed E-state index contributed by atoms with van der Waals surface area (Å²) in [5, 5.41) is 17.4. The molecule has 0 bridgehead atoms. The summed E-state index contributed by atoms with van der Waals surface area (Å²) in [6, 6.07) is 14.4. The molecule has 1 aromatic carbocycles. The van der Waals surface area contributed by atoms with Gasteiger partial charge in [0, 0.05) is 43.2 Å². The second-order valence-electron chi connectivity index (χ2n) is 11.6. The molecule has 40 heavy (non-hydrogen) atoms. The summed E-state index contributed by atoms with van der Waals surface area (Å²) in [4.78, 5) is 33.9. The predicted octanol–water partition coefficient (Wildman–Crippen LogP) is 4.87. The van der Waals surface area contributed by atoms with Gasteiger partial charge in [-0.2, -0.15) is 5.26 Å². The lowest BCUT2D eigenvalue weighted by Gasteiger charge is -2.38. The fourth-order valence-corrected chi connectivity index (χ4v) is 6.74. The van der Waals surface area contributed by atoms with Crippen molar-refractivity contribution in [1.29, 1.82) is 5.26 Å². The van der Waals surface area contributed by atoms with Crippen LogP contribution in [0.25, 0.3) is 0 Å². The molecule has 6 atom stereocenters. The lowest BCUT2D eigenvalue weighted by Crippen LogP contribution is -2.54. The number of amides is 1. The summed E-state index contributed by atoms with van der Waals surface area (Å²) in [7, 11) is 1.73. The number of Topliss-reactive ketones (excluding diaryl/α,β-unsaturated/α-hetero) is 1. The van der Waals surface area contributed by atoms with Crippen LogP contribution in [0.3, 0.4) is 0 Å². The molecule has 3 heterocycles. The molecule has 2 N–H and O–H groups in total. The van der Waals surface area contributed by atoms with Gasteiger partial charge in [-0.05, 0) is 67.9 Å². The number of piperidine rings is 1. The third kappa shape index (κ3) is 6.17. The normalized spacial score (nSPS) is 32.1. The molecule has 1 aliphatic carbocycles. The number of hydrogen-bond donors (Lipinski definition) is 2. The number of nitrogens with zero attached hydrogens (tertiary/aromatic N) is 3. The van der Waals surface area contributed by atoms with Gasteiger partial charge in [-0.25, -0.2) is 4.79 Å². The molecule has 2 aromatic rings. The van der Waals surface area contributed by atoms with E-state index in [0.29, 0.717) is 30.5 Å². The van der Waals surface area contributed by atoms with Gasteiger partial charge in [0.05, 0.1) is 35.8 Å². The highest BCUT2D eigenvalue weighted by molar-refractivity contribution is 6.30. The maximum atomic E-state index is 14.3. The number of halogens is 1. The van der Waals surface area contributed by atoms with E-state index in [2.05, 4.69) is 28.6 Å². The third-order valence-corrected chi connectivity index (χ3v) is 9.27. The van der Waals surface area contributed by atoms with Crippen molar-refractivity contribution in [3.8, 4) is 6.07 Å². The van der Waals surface area contributed by atoms with Crippen LogP contribution in [0.2, 0.25) is 5.02 Å².